The average molecular weight is 170 g/mol. The van der Waals surface area contributed by atoms with Crippen molar-refractivity contribution in [3.63, 3.8) is 0 Å². The number of carboxylic acid groups (broad SMARTS) is 1. The van der Waals surface area contributed by atoms with Gasteiger partial charge in [0.2, 0.25) is 0 Å². The van der Waals surface area contributed by atoms with Gasteiger partial charge in [-0.3, -0.25) is 0 Å². The molecule has 11 heavy (non-hydrogen) atoms. The Bertz CT molecular complexity index is 185. The maximum atomic E-state index is 9.60. The van der Waals surface area contributed by atoms with Gasteiger partial charge in [0.1, 0.15) is 0 Å². The number of aliphatic carboxylic acids is 1. The molecule has 0 spiro atoms. The van der Waals surface area contributed by atoms with Crippen LogP contribution in [0.25, 0.3) is 0 Å². The highest BCUT2D eigenvalue weighted by molar-refractivity contribution is 7.07. The second-order valence-corrected chi connectivity index (χ2v) is 2.70. The molecule has 0 saturated heterocycles. The topological polar surface area (TPSA) is 37.3 Å². The number of hydrogen-bond acceptors (Lipinski definition) is 2. The lowest BCUT2D eigenvalue weighted by Crippen LogP contribution is -1.92. The molecule has 0 atom stereocenters. The van der Waals surface area contributed by atoms with Crippen LogP contribution in [0.5, 0.6) is 0 Å². The number of thiophene rings is 1. The average Bonchev–Trinajstić information content (AvgIpc) is 2.41. The first-order chi connectivity index (χ1) is 5.14. The Morgan fingerprint density at radius 1 is 1.45 bits per heavy atom. The first kappa shape index (κ1) is 9.91. The first-order valence-electron chi connectivity index (χ1n) is 3.00. The van der Waals surface area contributed by atoms with Gasteiger partial charge >= 0.3 is 5.97 Å². The fraction of sp³-hybridized carbons (Fsp3) is 0.125. The highest BCUT2D eigenvalue weighted by Crippen LogP contribution is 1.91. The molecule has 1 aromatic heterocycles. The molecule has 0 aliphatic heterocycles. The molecule has 0 aromatic carbocycles. The fourth-order valence-electron chi connectivity index (χ4n) is 0.227. The molecule has 60 valence electrons. The molecule has 1 N–H and O–H groups in total. The zero-order chi connectivity index (χ0) is 8.69. The summed E-state index contributed by atoms with van der Waals surface area (Å²) in [7, 11) is 0. The van der Waals surface area contributed by atoms with Crippen molar-refractivity contribution in [3.05, 3.63) is 35.0 Å². The third-order valence-corrected chi connectivity index (χ3v) is 1.42. The van der Waals surface area contributed by atoms with E-state index in [0.717, 1.165) is 0 Å². The van der Waals surface area contributed by atoms with Crippen molar-refractivity contribution >= 4 is 17.3 Å². The van der Waals surface area contributed by atoms with Gasteiger partial charge in [0.25, 0.3) is 0 Å². The summed E-state index contributed by atoms with van der Waals surface area (Å²) < 4.78 is 0. The lowest BCUT2D eigenvalue weighted by Gasteiger charge is -1.79. The van der Waals surface area contributed by atoms with Gasteiger partial charge < -0.3 is 5.11 Å². The molecule has 2 nitrogen and oxygen atoms in total. The summed E-state index contributed by atoms with van der Waals surface area (Å²) in [6.45, 7) is 4.60. The highest BCUT2D eigenvalue weighted by atomic mass is 32.1. The van der Waals surface area contributed by atoms with E-state index in [1.165, 1.54) is 6.92 Å². The summed E-state index contributed by atoms with van der Waals surface area (Å²) in [4.78, 5) is 9.60. The fourth-order valence-corrected chi connectivity index (χ4v) is 0.680. The molecule has 0 radical (unpaired) electrons. The third kappa shape index (κ3) is 6.80. The van der Waals surface area contributed by atoms with Crippen molar-refractivity contribution in [2.24, 2.45) is 0 Å². The molecule has 1 heterocycles. The zero-order valence-corrected chi connectivity index (χ0v) is 7.10. The Hall–Kier alpha value is -1.09. The minimum absolute atomic E-state index is 0.176. The van der Waals surface area contributed by atoms with Crippen molar-refractivity contribution in [1.82, 2.24) is 0 Å². The minimum Gasteiger partial charge on any atom is -0.478 e. The zero-order valence-electron chi connectivity index (χ0n) is 6.28. The standard InChI is InChI=1S/C4H6O2.C4H4S/c1-3(2)4(5)6;1-2-4-5-3-1/h1H2,2H3,(H,5,6);1-4H. The molecular weight excluding hydrogens is 160 g/mol. The van der Waals surface area contributed by atoms with Crippen LogP contribution in [0.1, 0.15) is 6.92 Å². The summed E-state index contributed by atoms with van der Waals surface area (Å²) in [5.74, 6) is -0.935. The van der Waals surface area contributed by atoms with Gasteiger partial charge in [0.15, 0.2) is 0 Å². The second-order valence-electron chi connectivity index (χ2n) is 1.88. The predicted octanol–water partition coefficient (Wildman–Crippen LogP) is 2.40. The van der Waals surface area contributed by atoms with E-state index in [2.05, 4.69) is 6.58 Å². The van der Waals surface area contributed by atoms with E-state index < -0.39 is 5.97 Å². The predicted molar refractivity (Wildman–Crippen MR) is 46.8 cm³/mol. The van der Waals surface area contributed by atoms with Crippen LogP contribution >= 0.6 is 11.3 Å². The Morgan fingerprint density at radius 3 is 1.91 bits per heavy atom. The van der Waals surface area contributed by atoms with Crippen LogP contribution < -0.4 is 0 Å². The van der Waals surface area contributed by atoms with Crippen molar-refractivity contribution in [2.45, 2.75) is 6.92 Å². The van der Waals surface area contributed by atoms with Gasteiger partial charge in [0.05, 0.1) is 0 Å². The van der Waals surface area contributed by atoms with Crippen molar-refractivity contribution in [2.75, 3.05) is 0 Å². The smallest absolute Gasteiger partial charge is 0.330 e. The lowest BCUT2D eigenvalue weighted by molar-refractivity contribution is -0.132. The van der Waals surface area contributed by atoms with Gasteiger partial charge in [0, 0.05) is 5.57 Å². The second kappa shape index (κ2) is 5.68. The Morgan fingerprint density at radius 2 is 1.82 bits per heavy atom. The van der Waals surface area contributed by atoms with Crippen LogP contribution in [-0.4, -0.2) is 11.1 Å². The molecule has 1 rings (SSSR count). The molecular formula is C8H10O2S. The van der Waals surface area contributed by atoms with E-state index >= 15 is 0 Å². The summed E-state index contributed by atoms with van der Waals surface area (Å²) in [6, 6.07) is 4.04. The van der Waals surface area contributed by atoms with Crippen LogP contribution in [0.15, 0.2) is 35.0 Å². The van der Waals surface area contributed by atoms with E-state index in [1.807, 2.05) is 22.9 Å². The van der Waals surface area contributed by atoms with Crippen LogP contribution in [0.4, 0.5) is 0 Å². The highest BCUT2D eigenvalue weighted by Gasteiger charge is 1.90. The van der Waals surface area contributed by atoms with E-state index in [0.29, 0.717) is 0 Å². The lowest BCUT2D eigenvalue weighted by atomic mass is 10.4. The Labute approximate surface area is 69.8 Å². The van der Waals surface area contributed by atoms with Gasteiger partial charge in [-0.05, 0) is 17.7 Å². The van der Waals surface area contributed by atoms with Gasteiger partial charge in [-0.25, -0.2) is 4.79 Å². The molecule has 0 aliphatic carbocycles. The molecule has 0 saturated carbocycles. The molecule has 0 aliphatic rings. The van der Waals surface area contributed by atoms with Gasteiger partial charge in [-0.2, -0.15) is 11.3 Å². The Kier molecular flexibility index (Phi) is 5.11. The minimum atomic E-state index is -0.935. The molecule has 1 aromatic rings. The quantitative estimate of drug-likeness (QED) is 0.657. The van der Waals surface area contributed by atoms with Gasteiger partial charge in [-0.15, -0.1) is 0 Å². The Balaban J connectivity index is 0.000000183. The van der Waals surface area contributed by atoms with E-state index in [1.54, 1.807) is 11.3 Å². The number of rotatable bonds is 1. The molecule has 0 unspecified atom stereocenters. The van der Waals surface area contributed by atoms with Crippen molar-refractivity contribution < 1.29 is 9.90 Å². The summed E-state index contributed by atoms with van der Waals surface area (Å²) in [5, 5.41) is 12.0. The maximum absolute atomic E-state index is 9.60. The third-order valence-electron chi connectivity index (χ3n) is 0.790. The van der Waals surface area contributed by atoms with Crippen molar-refractivity contribution in [1.29, 1.82) is 0 Å². The first-order valence-corrected chi connectivity index (χ1v) is 3.95. The van der Waals surface area contributed by atoms with Crippen LogP contribution in [-0.2, 0) is 4.79 Å². The molecule has 0 amide bonds. The van der Waals surface area contributed by atoms with Crippen LogP contribution in [0, 0.1) is 0 Å². The van der Waals surface area contributed by atoms with Crippen LogP contribution in [0.3, 0.4) is 0 Å². The van der Waals surface area contributed by atoms with Crippen molar-refractivity contribution in [3.8, 4) is 0 Å². The monoisotopic (exact) mass is 170 g/mol. The van der Waals surface area contributed by atoms with E-state index in [4.69, 9.17) is 5.11 Å². The molecule has 0 bridgehead atoms. The summed E-state index contributed by atoms with van der Waals surface area (Å²) in [6.07, 6.45) is 0. The molecule has 3 heteroatoms. The molecule has 0 fully saturated rings. The van der Waals surface area contributed by atoms with E-state index in [9.17, 15) is 4.79 Å². The largest absolute Gasteiger partial charge is 0.478 e. The van der Waals surface area contributed by atoms with Gasteiger partial charge in [-0.1, -0.05) is 18.7 Å². The normalized spacial score (nSPS) is 7.73. The van der Waals surface area contributed by atoms with Crippen LogP contribution in [0.2, 0.25) is 0 Å². The summed E-state index contributed by atoms with van der Waals surface area (Å²) in [5.41, 5.74) is 0.176. The number of hydrogen-bond donors (Lipinski definition) is 1. The SMILES string of the molecule is C=C(C)C(=O)O.c1ccsc1. The number of carboxylic acids is 1. The number of carbonyl (C=O) groups is 1. The summed E-state index contributed by atoms with van der Waals surface area (Å²) >= 11 is 1.71. The van der Waals surface area contributed by atoms with E-state index in [-0.39, 0.29) is 5.57 Å². The maximum Gasteiger partial charge on any atom is 0.330 e.